The molecule has 0 fully saturated rings. The van der Waals surface area contributed by atoms with Crippen molar-refractivity contribution < 1.29 is 13.2 Å². The molecule has 0 radical (unpaired) electrons. The second-order valence-corrected chi connectivity index (χ2v) is 9.08. The monoisotopic (exact) mass is 404 g/mol. The lowest BCUT2D eigenvalue weighted by Gasteiger charge is -2.38. The molecule has 0 aromatic heterocycles. The van der Waals surface area contributed by atoms with Gasteiger partial charge in [-0.3, -0.25) is 0 Å². The SMILES string of the molecule is COc1ccc(C2=CN(CCl)C3CCc4cc(S(C)(=O)=O)ccc4N23)cc1. The number of benzene rings is 2. The van der Waals surface area contributed by atoms with E-state index in [2.05, 4.69) is 16.0 Å². The van der Waals surface area contributed by atoms with E-state index in [-0.39, 0.29) is 6.17 Å². The molecule has 0 spiro atoms. The molecule has 2 heterocycles. The van der Waals surface area contributed by atoms with Gasteiger partial charge in [0.05, 0.1) is 23.7 Å². The van der Waals surface area contributed by atoms with Gasteiger partial charge in [0.25, 0.3) is 0 Å². The second kappa shape index (κ2) is 6.77. The van der Waals surface area contributed by atoms with Crippen LogP contribution >= 0.6 is 11.6 Å². The summed E-state index contributed by atoms with van der Waals surface area (Å²) < 4.78 is 29.1. The molecule has 1 unspecified atom stereocenters. The number of halogens is 1. The van der Waals surface area contributed by atoms with Crippen molar-refractivity contribution in [3.8, 4) is 5.75 Å². The van der Waals surface area contributed by atoms with Gasteiger partial charge in [-0.25, -0.2) is 8.42 Å². The Hall–Kier alpha value is -2.18. The maximum atomic E-state index is 11.9. The third-order valence-corrected chi connectivity index (χ3v) is 6.55. The lowest BCUT2D eigenvalue weighted by molar-refractivity contribution is 0.318. The highest BCUT2D eigenvalue weighted by molar-refractivity contribution is 7.90. The minimum absolute atomic E-state index is 0.135. The van der Waals surface area contributed by atoms with Crippen molar-refractivity contribution in [2.75, 3.05) is 24.3 Å². The fourth-order valence-corrected chi connectivity index (χ4v) is 4.70. The number of aryl methyl sites for hydroxylation is 1. The van der Waals surface area contributed by atoms with Crippen molar-refractivity contribution in [2.45, 2.75) is 23.9 Å². The molecule has 2 aromatic carbocycles. The predicted molar refractivity (Wildman–Crippen MR) is 108 cm³/mol. The van der Waals surface area contributed by atoms with E-state index in [9.17, 15) is 8.42 Å². The van der Waals surface area contributed by atoms with Crippen LogP contribution in [0, 0.1) is 0 Å². The predicted octanol–water partition coefficient (Wildman–Crippen LogP) is 3.69. The Bertz CT molecular complexity index is 1000. The molecule has 2 aromatic rings. The van der Waals surface area contributed by atoms with Crippen molar-refractivity contribution in [1.82, 2.24) is 4.90 Å². The van der Waals surface area contributed by atoms with E-state index < -0.39 is 9.84 Å². The van der Waals surface area contributed by atoms with Gasteiger partial charge in [0, 0.05) is 18.1 Å². The fourth-order valence-electron chi connectivity index (χ4n) is 3.80. The third-order valence-electron chi connectivity index (χ3n) is 5.16. The topological polar surface area (TPSA) is 49.9 Å². The first-order valence-electron chi connectivity index (χ1n) is 8.72. The number of hydrogen-bond donors (Lipinski definition) is 0. The van der Waals surface area contributed by atoms with Gasteiger partial charge in [-0.1, -0.05) is 0 Å². The molecule has 0 aliphatic carbocycles. The molecule has 27 heavy (non-hydrogen) atoms. The summed E-state index contributed by atoms with van der Waals surface area (Å²) in [5.74, 6) is 0.805. The number of nitrogens with zero attached hydrogens (tertiary/aromatic N) is 2. The molecular weight excluding hydrogens is 384 g/mol. The van der Waals surface area contributed by atoms with Crippen molar-refractivity contribution in [2.24, 2.45) is 0 Å². The van der Waals surface area contributed by atoms with E-state index >= 15 is 0 Å². The third kappa shape index (κ3) is 3.17. The Morgan fingerprint density at radius 1 is 1.19 bits per heavy atom. The highest BCUT2D eigenvalue weighted by atomic mass is 35.5. The smallest absolute Gasteiger partial charge is 0.175 e. The van der Waals surface area contributed by atoms with E-state index in [4.69, 9.17) is 16.3 Å². The Balaban J connectivity index is 1.79. The average molecular weight is 405 g/mol. The molecule has 2 aliphatic rings. The Labute approximate surface area is 164 Å². The highest BCUT2D eigenvalue weighted by Gasteiger charge is 2.37. The first-order valence-corrected chi connectivity index (χ1v) is 11.1. The zero-order chi connectivity index (χ0) is 19.2. The highest BCUT2D eigenvalue weighted by Crippen LogP contribution is 2.43. The minimum Gasteiger partial charge on any atom is -0.497 e. The summed E-state index contributed by atoms with van der Waals surface area (Å²) in [7, 11) is -1.58. The van der Waals surface area contributed by atoms with Gasteiger partial charge in [-0.15, -0.1) is 11.6 Å². The summed E-state index contributed by atoms with van der Waals surface area (Å²) in [6.45, 7) is 0. The van der Waals surface area contributed by atoms with Crippen molar-refractivity contribution in [3.63, 3.8) is 0 Å². The molecule has 0 N–H and O–H groups in total. The van der Waals surface area contributed by atoms with Gasteiger partial charge in [-0.2, -0.15) is 0 Å². The second-order valence-electron chi connectivity index (χ2n) is 6.83. The van der Waals surface area contributed by atoms with Crippen LogP contribution in [0.15, 0.2) is 53.6 Å². The van der Waals surface area contributed by atoms with E-state index in [1.807, 2.05) is 30.3 Å². The van der Waals surface area contributed by atoms with Crippen LogP contribution in [0.2, 0.25) is 0 Å². The number of hydrogen-bond acceptors (Lipinski definition) is 5. The standard InChI is InChI=1S/C20H21ClN2O3S/c1-26-16-6-3-14(4-7-16)19-12-22(13-21)20-10-5-15-11-17(27(2,24)25)8-9-18(15)23(19)20/h3-4,6-9,11-12,20H,5,10,13H2,1-2H3. The lowest BCUT2D eigenvalue weighted by atomic mass is 9.98. The molecule has 1 atom stereocenters. The summed E-state index contributed by atoms with van der Waals surface area (Å²) in [6, 6.07) is 13.7. The van der Waals surface area contributed by atoms with Crippen LogP contribution in [0.1, 0.15) is 17.5 Å². The zero-order valence-electron chi connectivity index (χ0n) is 15.2. The molecule has 0 bridgehead atoms. The van der Waals surface area contributed by atoms with Gasteiger partial charge < -0.3 is 14.5 Å². The summed E-state index contributed by atoms with van der Waals surface area (Å²) in [6.07, 6.45) is 5.16. The zero-order valence-corrected chi connectivity index (χ0v) is 16.8. The first-order chi connectivity index (χ1) is 12.9. The summed E-state index contributed by atoms with van der Waals surface area (Å²) in [5.41, 5.74) is 4.20. The van der Waals surface area contributed by atoms with Crippen LogP contribution in [0.25, 0.3) is 5.70 Å². The quantitative estimate of drug-likeness (QED) is 0.574. The van der Waals surface area contributed by atoms with E-state index in [1.54, 1.807) is 19.2 Å². The largest absolute Gasteiger partial charge is 0.497 e. The summed E-state index contributed by atoms with van der Waals surface area (Å²) >= 11 is 6.20. The maximum absolute atomic E-state index is 11.9. The number of sulfone groups is 1. The van der Waals surface area contributed by atoms with Crippen LogP contribution in [0.4, 0.5) is 5.69 Å². The number of methoxy groups -OCH3 is 1. The molecule has 7 heteroatoms. The average Bonchev–Trinajstić information content (AvgIpc) is 3.06. The minimum atomic E-state index is -3.23. The van der Waals surface area contributed by atoms with E-state index in [0.717, 1.165) is 41.1 Å². The van der Waals surface area contributed by atoms with Crippen LogP contribution < -0.4 is 9.64 Å². The number of ether oxygens (including phenoxy) is 1. The van der Waals surface area contributed by atoms with E-state index in [0.29, 0.717) is 10.9 Å². The maximum Gasteiger partial charge on any atom is 0.175 e. The number of rotatable bonds is 4. The molecular formula is C20H21ClN2O3S. The van der Waals surface area contributed by atoms with Crippen molar-refractivity contribution in [3.05, 3.63) is 59.8 Å². The van der Waals surface area contributed by atoms with Crippen LogP contribution in [0.3, 0.4) is 0 Å². The molecule has 0 saturated heterocycles. The van der Waals surface area contributed by atoms with Gasteiger partial charge in [-0.05, 0) is 66.4 Å². The molecule has 2 aliphatic heterocycles. The Kier molecular flexibility index (Phi) is 4.56. The van der Waals surface area contributed by atoms with Gasteiger partial charge >= 0.3 is 0 Å². The fraction of sp³-hybridized carbons (Fsp3) is 0.300. The molecule has 0 amide bonds. The van der Waals surface area contributed by atoms with Crippen molar-refractivity contribution >= 4 is 32.8 Å². The van der Waals surface area contributed by atoms with Gasteiger partial charge in [0.1, 0.15) is 11.9 Å². The number of alkyl halides is 1. The molecule has 0 saturated carbocycles. The molecule has 4 rings (SSSR count). The Morgan fingerprint density at radius 3 is 2.56 bits per heavy atom. The van der Waals surface area contributed by atoms with Crippen LogP contribution in [-0.4, -0.2) is 38.9 Å². The van der Waals surface area contributed by atoms with Gasteiger partial charge in [0.2, 0.25) is 0 Å². The summed E-state index contributed by atoms with van der Waals surface area (Å²) in [4.78, 5) is 4.74. The molecule has 5 nitrogen and oxygen atoms in total. The number of fused-ring (bicyclic) bond motifs is 3. The Morgan fingerprint density at radius 2 is 1.93 bits per heavy atom. The van der Waals surface area contributed by atoms with E-state index in [1.165, 1.54) is 6.26 Å². The van der Waals surface area contributed by atoms with Gasteiger partial charge in [0.15, 0.2) is 9.84 Å². The number of anilines is 1. The normalized spacial score (nSPS) is 18.8. The first kappa shape index (κ1) is 18.2. The van der Waals surface area contributed by atoms with Crippen LogP contribution in [0.5, 0.6) is 5.75 Å². The van der Waals surface area contributed by atoms with Crippen LogP contribution in [-0.2, 0) is 16.3 Å². The lowest BCUT2D eigenvalue weighted by Crippen LogP contribution is -2.42. The summed E-state index contributed by atoms with van der Waals surface area (Å²) in [5, 5.41) is 0. The molecule has 142 valence electrons. The van der Waals surface area contributed by atoms with Crippen molar-refractivity contribution in [1.29, 1.82) is 0 Å².